The van der Waals surface area contributed by atoms with Crippen molar-refractivity contribution >= 4 is 0 Å². The molecule has 1 radical (unpaired) electrons. The number of allylic oxidation sites excluding steroid dienone is 1. The minimum atomic E-state index is -0.779. The first kappa shape index (κ1) is 11.2. The van der Waals surface area contributed by atoms with Crippen LogP contribution in [0.3, 0.4) is 0 Å². The molecule has 4 heteroatoms. The molecule has 14 heavy (non-hydrogen) atoms. The van der Waals surface area contributed by atoms with Crippen LogP contribution in [-0.4, -0.2) is 37.6 Å². The first-order valence-electron chi connectivity index (χ1n) is 4.41. The Bertz CT molecular complexity index is 257. The van der Waals surface area contributed by atoms with Crippen molar-refractivity contribution in [2.24, 2.45) is 0 Å². The van der Waals surface area contributed by atoms with Gasteiger partial charge in [0.2, 0.25) is 0 Å². The maximum absolute atomic E-state index is 9.81. The van der Waals surface area contributed by atoms with Crippen molar-refractivity contribution in [2.75, 3.05) is 14.2 Å². The van der Waals surface area contributed by atoms with Crippen molar-refractivity contribution in [1.82, 2.24) is 0 Å². The third-order valence-corrected chi connectivity index (χ3v) is 2.41. The lowest BCUT2D eigenvalue weighted by molar-refractivity contribution is -0.0917. The molecule has 0 aromatic carbocycles. The van der Waals surface area contributed by atoms with Gasteiger partial charge in [-0.1, -0.05) is 0 Å². The first-order chi connectivity index (χ1) is 6.74. The Morgan fingerprint density at radius 1 is 1.57 bits per heavy atom. The summed E-state index contributed by atoms with van der Waals surface area (Å²) in [4.78, 5) is 0. The maximum Gasteiger partial charge on any atom is 0.113 e. The normalized spacial score (nSPS) is 35.6. The lowest BCUT2D eigenvalue weighted by Gasteiger charge is -2.34. The van der Waals surface area contributed by atoms with Gasteiger partial charge in [-0.05, 0) is 18.4 Å². The fraction of sp³-hybridized carbons (Fsp3) is 0.600. The van der Waals surface area contributed by atoms with Crippen LogP contribution in [0.2, 0.25) is 0 Å². The van der Waals surface area contributed by atoms with E-state index in [0.29, 0.717) is 12.0 Å². The zero-order valence-electron chi connectivity index (χ0n) is 8.30. The van der Waals surface area contributed by atoms with Crippen molar-refractivity contribution in [2.45, 2.75) is 24.7 Å². The second kappa shape index (κ2) is 5.11. The lowest BCUT2D eigenvalue weighted by Crippen LogP contribution is -2.45. The Morgan fingerprint density at radius 3 is 2.79 bits per heavy atom. The van der Waals surface area contributed by atoms with E-state index in [2.05, 4.69) is 0 Å². The molecule has 0 saturated heterocycles. The minimum Gasteiger partial charge on any atom is -0.386 e. The first-order valence-corrected chi connectivity index (χ1v) is 4.41. The Kier molecular flexibility index (Phi) is 4.08. The van der Waals surface area contributed by atoms with Crippen LogP contribution in [0.1, 0.15) is 6.42 Å². The van der Waals surface area contributed by atoms with Gasteiger partial charge in [-0.25, -0.2) is 0 Å². The van der Waals surface area contributed by atoms with Crippen molar-refractivity contribution in [1.29, 1.82) is 5.26 Å². The Labute approximate surface area is 83.7 Å². The SMILES string of the molecule is COC1C[CH]/C(=C\C#N)C(O)C1OC. The third kappa shape index (κ3) is 2.13. The fourth-order valence-corrected chi connectivity index (χ4v) is 1.63. The van der Waals surface area contributed by atoms with Crippen LogP contribution < -0.4 is 0 Å². The van der Waals surface area contributed by atoms with Crippen LogP contribution >= 0.6 is 0 Å². The summed E-state index contributed by atoms with van der Waals surface area (Å²) < 4.78 is 10.3. The largest absolute Gasteiger partial charge is 0.386 e. The van der Waals surface area contributed by atoms with Crippen LogP contribution in [0.15, 0.2) is 11.6 Å². The van der Waals surface area contributed by atoms with Crippen LogP contribution in [-0.2, 0) is 9.47 Å². The third-order valence-electron chi connectivity index (χ3n) is 2.41. The number of aliphatic hydroxyl groups is 1. The van der Waals surface area contributed by atoms with E-state index in [0.717, 1.165) is 0 Å². The van der Waals surface area contributed by atoms with Gasteiger partial charge >= 0.3 is 0 Å². The topological polar surface area (TPSA) is 62.5 Å². The van der Waals surface area contributed by atoms with Crippen molar-refractivity contribution in [3.8, 4) is 6.07 Å². The van der Waals surface area contributed by atoms with Gasteiger partial charge in [0.05, 0.1) is 12.2 Å². The average Bonchev–Trinajstić information content (AvgIpc) is 2.21. The molecule has 1 fully saturated rings. The Balaban J connectivity index is 2.77. The summed E-state index contributed by atoms with van der Waals surface area (Å²) in [6, 6.07) is 1.90. The van der Waals surface area contributed by atoms with E-state index < -0.39 is 12.2 Å². The molecule has 0 aliphatic heterocycles. The highest BCUT2D eigenvalue weighted by molar-refractivity contribution is 5.29. The highest BCUT2D eigenvalue weighted by atomic mass is 16.5. The van der Waals surface area contributed by atoms with Gasteiger partial charge in [0, 0.05) is 20.3 Å². The van der Waals surface area contributed by atoms with Gasteiger partial charge in [-0.3, -0.25) is 0 Å². The number of hydrogen-bond donors (Lipinski definition) is 1. The van der Waals surface area contributed by atoms with Gasteiger partial charge in [-0.2, -0.15) is 5.26 Å². The maximum atomic E-state index is 9.81. The Hall–Kier alpha value is -0.890. The van der Waals surface area contributed by atoms with E-state index in [-0.39, 0.29) is 6.10 Å². The molecule has 1 rings (SSSR count). The molecule has 0 aromatic rings. The molecule has 0 spiro atoms. The van der Waals surface area contributed by atoms with E-state index in [1.165, 1.54) is 13.2 Å². The Morgan fingerprint density at radius 2 is 2.29 bits per heavy atom. The molecule has 0 heterocycles. The predicted octanol–water partition coefficient (Wildman–Crippen LogP) is 0.435. The summed E-state index contributed by atoms with van der Waals surface area (Å²) in [5, 5.41) is 18.3. The molecule has 0 aromatic heterocycles. The molecule has 4 nitrogen and oxygen atoms in total. The quantitative estimate of drug-likeness (QED) is 0.651. The van der Waals surface area contributed by atoms with Crippen LogP contribution in [0, 0.1) is 17.8 Å². The molecule has 1 aliphatic rings. The summed E-state index contributed by atoms with van der Waals surface area (Å²) in [7, 11) is 3.10. The van der Waals surface area contributed by atoms with E-state index in [4.69, 9.17) is 14.7 Å². The van der Waals surface area contributed by atoms with Crippen LogP contribution in [0.25, 0.3) is 0 Å². The minimum absolute atomic E-state index is 0.147. The van der Waals surface area contributed by atoms with Gasteiger partial charge in [0.15, 0.2) is 0 Å². The molecular weight excluding hydrogens is 182 g/mol. The van der Waals surface area contributed by atoms with E-state index in [9.17, 15) is 5.11 Å². The lowest BCUT2D eigenvalue weighted by atomic mass is 9.87. The zero-order chi connectivity index (χ0) is 10.6. The van der Waals surface area contributed by atoms with E-state index in [1.807, 2.05) is 6.07 Å². The summed E-state index contributed by atoms with van der Waals surface area (Å²) in [6.07, 6.45) is 2.47. The van der Waals surface area contributed by atoms with Gasteiger partial charge in [-0.15, -0.1) is 0 Å². The highest BCUT2D eigenvalue weighted by Crippen LogP contribution is 2.27. The smallest absolute Gasteiger partial charge is 0.113 e. The standard InChI is InChI=1S/C10H14NO3/c1-13-8-4-3-7(5-6-11)9(12)10(8)14-2/h3,5,8-10,12H,4H2,1-2H3/b7-5+. The van der Waals surface area contributed by atoms with Gasteiger partial charge in [0.1, 0.15) is 12.2 Å². The zero-order valence-corrected chi connectivity index (χ0v) is 8.30. The number of nitriles is 1. The van der Waals surface area contributed by atoms with E-state index in [1.54, 1.807) is 13.5 Å². The monoisotopic (exact) mass is 196 g/mol. The van der Waals surface area contributed by atoms with Gasteiger partial charge < -0.3 is 14.6 Å². The molecular formula is C10H14NO3. The number of methoxy groups -OCH3 is 2. The fourth-order valence-electron chi connectivity index (χ4n) is 1.63. The molecule has 0 amide bonds. The molecule has 1 aliphatic carbocycles. The summed E-state index contributed by atoms with van der Waals surface area (Å²) in [6.45, 7) is 0. The van der Waals surface area contributed by atoms with Crippen LogP contribution in [0.5, 0.6) is 0 Å². The summed E-state index contributed by atoms with van der Waals surface area (Å²) >= 11 is 0. The van der Waals surface area contributed by atoms with E-state index >= 15 is 0 Å². The molecule has 3 atom stereocenters. The van der Waals surface area contributed by atoms with Crippen molar-refractivity contribution < 1.29 is 14.6 Å². The molecule has 3 unspecified atom stereocenters. The molecule has 1 saturated carbocycles. The summed E-state index contributed by atoms with van der Waals surface area (Å²) in [5.41, 5.74) is 0.604. The average molecular weight is 196 g/mol. The second-order valence-electron chi connectivity index (χ2n) is 3.13. The molecule has 0 bridgehead atoms. The summed E-state index contributed by atoms with van der Waals surface area (Å²) in [5.74, 6) is 0. The molecule has 77 valence electrons. The number of rotatable bonds is 2. The van der Waals surface area contributed by atoms with Crippen molar-refractivity contribution in [3.63, 3.8) is 0 Å². The number of nitrogens with zero attached hydrogens (tertiary/aromatic N) is 1. The number of ether oxygens (including phenoxy) is 2. The second-order valence-corrected chi connectivity index (χ2v) is 3.13. The van der Waals surface area contributed by atoms with Gasteiger partial charge in [0.25, 0.3) is 0 Å². The predicted molar refractivity (Wildman–Crippen MR) is 50.2 cm³/mol. The number of aliphatic hydroxyl groups excluding tert-OH is 1. The van der Waals surface area contributed by atoms with Crippen molar-refractivity contribution in [3.05, 3.63) is 18.1 Å². The van der Waals surface area contributed by atoms with Crippen LogP contribution in [0.4, 0.5) is 0 Å². The number of hydrogen-bond acceptors (Lipinski definition) is 4. The highest BCUT2D eigenvalue weighted by Gasteiger charge is 2.35. The molecule has 1 N–H and O–H groups in total.